The van der Waals surface area contributed by atoms with Crippen molar-refractivity contribution in [2.75, 3.05) is 14.2 Å². The number of benzene rings is 1. The van der Waals surface area contributed by atoms with Gasteiger partial charge in [0.05, 0.1) is 18.3 Å². The zero-order chi connectivity index (χ0) is 15.4. The van der Waals surface area contributed by atoms with E-state index in [9.17, 15) is 0 Å². The number of fused-ring (bicyclic) bond motifs is 1. The van der Waals surface area contributed by atoms with Gasteiger partial charge in [0.25, 0.3) is 0 Å². The van der Waals surface area contributed by atoms with E-state index >= 15 is 0 Å². The molecular weight excluding hydrogens is 278 g/mol. The SMILES string of the molecule is CNCc1nc(COc2ccccc2OC)n2ccccc12. The zero-order valence-corrected chi connectivity index (χ0v) is 12.7. The van der Waals surface area contributed by atoms with Gasteiger partial charge in [-0.2, -0.15) is 0 Å². The lowest BCUT2D eigenvalue weighted by atomic mass is 10.3. The third-order valence-electron chi connectivity index (χ3n) is 3.47. The average Bonchev–Trinajstić information content (AvgIpc) is 2.92. The molecule has 5 nitrogen and oxygen atoms in total. The van der Waals surface area contributed by atoms with E-state index in [1.807, 2.05) is 49.6 Å². The summed E-state index contributed by atoms with van der Waals surface area (Å²) in [4.78, 5) is 4.68. The van der Waals surface area contributed by atoms with Gasteiger partial charge in [-0.15, -0.1) is 0 Å². The van der Waals surface area contributed by atoms with Crippen LogP contribution < -0.4 is 14.8 Å². The number of hydrogen-bond acceptors (Lipinski definition) is 4. The molecule has 0 aliphatic carbocycles. The van der Waals surface area contributed by atoms with Gasteiger partial charge in [-0.25, -0.2) is 4.98 Å². The molecule has 0 amide bonds. The lowest BCUT2D eigenvalue weighted by molar-refractivity contribution is 0.275. The summed E-state index contributed by atoms with van der Waals surface area (Å²) in [6, 6.07) is 13.7. The monoisotopic (exact) mass is 297 g/mol. The topological polar surface area (TPSA) is 47.8 Å². The molecule has 0 aliphatic rings. The smallest absolute Gasteiger partial charge is 0.161 e. The largest absolute Gasteiger partial charge is 0.493 e. The Morgan fingerprint density at radius 2 is 1.86 bits per heavy atom. The van der Waals surface area contributed by atoms with Gasteiger partial charge >= 0.3 is 0 Å². The highest BCUT2D eigenvalue weighted by Gasteiger charge is 2.11. The van der Waals surface area contributed by atoms with Crippen molar-refractivity contribution in [2.45, 2.75) is 13.2 Å². The number of imidazole rings is 1. The maximum Gasteiger partial charge on any atom is 0.161 e. The van der Waals surface area contributed by atoms with Gasteiger partial charge in [-0.05, 0) is 31.3 Å². The molecule has 0 aliphatic heterocycles. The maximum atomic E-state index is 5.88. The number of aromatic nitrogens is 2. The minimum absolute atomic E-state index is 0.384. The Morgan fingerprint density at radius 3 is 2.64 bits per heavy atom. The van der Waals surface area contributed by atoms with E-state index in [0.717, 1.165) is 29.3 Å². The van der Waals surface area contributed by atoms with E-state index in [2.05, 4.69) is 20.8 Å². The molecule has 2 heterocycles. The van der Waals surface area contributed by atoms with E-state index in [1.54, 1.807) is 7.11 Å². The Hall–Kier alpha value is -2.53. The van der Waals surface area contributed by atoms with Crippen LogP contribution in [0.2, 0.25) is 0 Å². The van der Waals surface area contributed by atoms with Crippen LogP contribution in [0.25, 0.3) is 5.52 Å². The standard InChI is InChI=1S/C17H19N3O2/c1-18-11-13-14-7-5-6-10-20(14)17(19-13)12-22-16-9-4-3-8-15(16)21-2/h3-10,18H,11-12H2,1-2H3. The van der Waals surface area contributed by atoms with Gasteiger partial charge in [0.1, 0.15) is 6.61 Å². The van der Waals surface area contributed by atoms with Gasteiger partial charge in [-0.1, -0.05) is 18.2 Å². The fraction of sp³-hybridized carbons (Fsp3) is 0.235. The molecule has 1 aromatic carbocycles. The molecule has 5 heteroatoms. The van der Waals surface area contributed by atoms with Gasteiger partial charge in [-0.3, -0.25) is 0 Å². The number of hydrogen-bond donors (Lipinski definition) is 1. The fourth-order valence-corrected chi connectivity index (χ4v) is 2.45. The van der Waals surface area contributed by atoms with Crippen molar-refractivity contribution in [1.82, 2.24) is 14.7 Å². The molecular formula is C17H19N3O2. The van der Waals surface area contributed by atoms with Gasteiger partial charge < -0.3 is 19.2 Å². The lowest BCUT2D eigenvalue weighted by Crippen LogP contribution is -2.06. The fourth-order valence-electron chi connectivity index (χ4n) is 2.45. The van der Waals surface area contributed by atoms with Crippen LogP contribution >= 0.6 is 0 Å². The van der Waals surface area contributed by atoms with Crippen molar-refractivity contribution in [3.63, 3.8) is 0 Å². The Kier molecular flexibility index (Phi) is 4.25. The Labute approximate surface area is 129 Å². The van der Waals surface area contributed by atoms with Crippen LogP contribution in [0.4, 0.5) is 0 Å². The first kappa shape index (κ1) is 14.4. The third kappa shape index (κ3) is 2.76. The van der Waals surface area contributed by atoms with Crippen molar-refractivity contribution in [3.05, 3.63) is 60.2 Å². The van der Waals surface area contributed by atoms with E-state index in [4.69, 9.17) is 9.47 Å². The maximum absolute atomic E-state index is 5.88. The summed E-state index contributed by atoms with van der Waals surface area (Å²) in [7, 11) is 3.55. The molecule has 0 saturated carbocycles. The summed E-state index contributed by atoms with van der Waals surface area (Å²) < 4.78 is 13.2. The Balaban J connectivity index is 1.88. The molecule has 0 atom stereocenters. The molecule has 0 spiro atoms. The van der Waals surface area contributed by atoms with E-state index < -0.39 is 0 Å². The van der Waals surface area contributed by atoms with Crippen LogP contribution in [-0.4, -0.2) is 23.5 Å². The summed E-state index contributed by atoms with van der Waals surface area (Å²) in [5, 5.41) is 3.14. The molecule has 22 heavy (non-hydrogen) atoms. The Morgan fingerprint density at radius 1 is 1.09 bits per heavy atom. The molecule has 0 saturated heterocycles. The molecule has 2 aromatic heterocycles. The van der Waals surface area contributed by atoms with Crippen LogP contribution in [0, 0.1) is 0 Å². The first-order valence-electron chi connectivity index (χ1n) is 7.18. The molecule has 114 valence electrons. The number of nitrogens with one attached hydrogen (secondary N) is 1. The van der Waals surface area contributed by atoms with Crippen LogP contribution in [-0.2, 0) is 13.2 Å². The van der Waals surface area contributed by atoms with E-state index in [-0.39, 0.29) is 0 Å². The number of nitrogens with zero attached hydrogens (tertiary/aromatic N) is 2. The first-order valence-corrected chi connectivity index (χ1v) is 7.18. The normalized spacial score (nSPS) is 10.8. The quantitative estimate of drug-likeness (QED) is 0.760. The van der Waals surface area contributed by atoms with Crippen molar-refractivity contribution < 1.29 is 9.47 Å². The summed E-state index contributed by atoms with van der Waals surface area (Å²) in [5.41, 5.74) is 2.11. The summed E-state index contributed by atoms with van der Waals surface area (Å²) in [6.45, 7) is 1.11. The van der Waals surface area contributed by atoms with Gasteiger partial charge in [0, 0.05) is 12.7 Å². The predicted molar refractivity (Wildman–Crippen MR) is 85.3 cm³/mol. The van der Waals surface area contributed by atoms with E-state index in [0.29, 0.717) is 12.4 Å². The van der Waals surface area contributed by atoms with Gasteiger partial charge in [0.15, 0.2) is 17.3 Å². The Bertz CT molecular complexity index is 767. The second kappa shape index (κ2) is 6.49. The molecule has 3 aromatic rings. The zero-order valence-electron chi connectivity index (χ0n) is 12.7. The number of rotatable bonds is 6. The van der Waals surface area contributed by atoms with Crippen LogP contribution in [0.1, 0.15) is 11.5 Å². The highest BCUT2D eigenvalue weighted by atomic mass is 16.5. The summed E-state index contributed by atoms with van der Waals surface area (Å²) in [5.74, 6) is 2.30. The minimum Gasteiger partial charge on any atom is -0.493 e. The number of ether oxygens (including phenoxy) is 2. The minimum atomic E-state index is 0.384. The molecule has 0 fully saturated rings. The molecule has 1 N–H and O–H groups in total. The first-order chi connectivity index (χ1) is 10.8. The van der Waals surface area contributed by atoms with Crippen molar-refractivity contribution in [1.29, 1.82) is 0 Å². The van der Waals surface area contributed by atoms with Crippen LogP contribution in [0.15, 0.2) is 48.7 Å². The third-order valence-corrected chi connectivity index (χ3v) is 3.47. The molecule has 0 bridgehead atoms. The van der Waals surface area contributed by atoms with Crippen molar-refractivity contribution >= 4 is 5.52 Å². The average molecular weight is 297 g/mol. The lowest BCUT2D eigenvalue weighted by Gasteiger charge is -2.09. The highest BCUT2D eigenvalue weighted by molar-refractivity contribution is 5.53. The molecule has 0 unspecified atom stereocenters. The predicted octanol–water partition coefficient (Wildman–Crippen LogP) is 2.64. The molecule has 0 radical (unpaired) electrons. The number of pyridine rings is 1. The van der Waals surface area contributed by atoms with Crippen LogP contribution in [0.3, 0.4) is 0 Å². The van der Waals surface area contributed by atoms with E-state index in [1.165, 1.54) is 0 Å². The highest BCUT2D eigenvalue weighted by Crippen LogP contribution is 2.26. The summed E-state index contributed by atoms with van der Waals surface area (Å²) >= 11 is 0. The molecule has 3 rings (SSSR count). The second-order valence-corrected chi connectivity index (χ2v) is 4.90. The second-order valence-electron chi connectivity index (χ2n) is 4.90. The van der Waals surface area contributed by atoms with Crippen molar-refractivity contribution in [2.24, 2.45) is 0 Å². The number of methoxy groups -OCH3 is 1. The number of para-hydroxylation sites is 2. The van der Waals surface area contributed by atoms with Gasteiger partial charge in [0.2, 0.25) is 0 Å². The van der Waals surface area contributed by atoms with Crippen molar-refractivity contribution in [3.8, 4) is 11.5 Å². The summed E-state index contributed by atoms with van der Waals surface area (Å²) in [6.07, 6.45) is 2.00. The van der Waals surface area contributed by atoms with Crippen LogP contribution in [0.5, 0.6) is 11.5 Å².